The van der Waals surface area contributed by atoms with Crippen LogP contribution in [-0.2, 0) is 9.53 Å². The molecule has 0 atom stereocenters. The van der Waals surface area contributed by atoms with Crippen LogP contribution in [0, 0.1) is 0 Å². The van der Waals surface area contributed by atoms with E-state index in [2.05, 4.69) is 0 Å². The average Bonchev–Trinajstić information content (AvgIpc) is 2.75. The van der Waals surface area contributed by atoms with Crippen molar-refractivity contribution in [3.05, 3.63) is 29.8 Å². The van der Waals surface area contributed by atoms with Crippen LogP contribution >= 0.6 is 0 Å². The van der Waals surface area contributed by atoms with Gasteiger partial charge in [-0.3, -0.25) is 4.79 Å². The standard InChI is InChI=1S/C12H12O4/c1-14-10-4-3-8(5-12(10)15-2)11-6-9(13)7-16-11/h3-6H,7H2,1-2H3. The Morgan fingerprint density at radius 3 is 2.50 bits per heavy atom. The maximum Gasteiger partial charge on any atom is 0.196 e. The van der Waals surface area contributed by atoms with Gasteiger partial charge in [0, 0.05) is 11.6 Å². The number of carbonyl (C=O) groups is 1. The largest absolute Gasteiger partial charge is 0.493 e. The molecule has 4 nitrogen and oxygen atoms in total. The number of ether oxygens (including phenoxy) is 3. The van der Waals surface area contributed by atoms with Gasteiger partial charge in [0.05, 0.1) is 14.2 Å². The molecule has 1 aliphatic rings. The first-order chi connectivity index (χ1) is 7.74. The van der Waals surface area contributed by atoms with Gasteiger partial charge in [-0.05, 0) is 18.2 Å². The van der Waals surface area contributed by atoms with Crippen LogP contribution in [0.25, 0.3) is 5.76 Å². The fourth-order valence-corrected chi connectivity index (χ4v) is 1.53. The minimum Gasteiger partial charge on any atom is -0.493 e. The van der Waals surface area contributed by atoms with Gasteiger partial charge >= 0.3 is 0 Å². The highest BCUT2D eigenvalue weighted by atomic mass is 16.5. The lowest BCUT2D eigenvalue weighted by Gasteiger charge is -2.09. The Bertz CT molecular complexity index is 448. The van der Waals surface area contributed by atoms with Gasteiger partial charge in [-0.15, -0.1) is 0 Å². The third-order valence-electron chi connectivity index (χ3n) is 2.33. The lowest BCUT2D eigenvalue weighted by Crippen LogP contribution is -1.94. The maximum atomic E-state index is 11.0. The Hall–Kier alpha value is -1.97. The lowest BCUT2D eigenvalue weighted by molar-refractivity contribution is -0.115. The summed E-state index contributed by atoms with van der Waals surface area (Å²) in [7, 11) is 3.14. The molecule has 1 heterocycles. The second-order valence-electron chi connectivity index (χ2n) is 3.33. The second kappa shape index (κ2) is 4.26. The van der Waals surface area contributed by atoms with Gasteiger partial charge in [0.25, 0.3) is 0 Å². The third-order valence-corrected chi connectivity index (χ3v) is 2.33. The molecule has 0 bridgehead atoms. The van der Waals surface area contributed by atoms with Crippen LogP contribution < -0.4 is 9.47 Å². The number of hydrogen-bond donors (Lipinski definition) is 0. The fraction of sp³-hybridized carbons (Fsp3) is 0.250. The van der Waals surface area contributed by atoms with Crippen LogP contribution in [0.2, 0.25) is 0 Å². The van der Waals surface area contributed by atoms with E-state index in [-0.39, 0.29) is 12.4 Å². The van der Waals surface area contributed by atoms with E-state index in [1.807, 2.05) is 6.07 Å². The summed E-state index contributed by atoms with van der Waals surface area (Å²) in [4.78, 5) is 11.0. The molecule has 0 aliphatic carbocycles. The Labute approximate surface area is 93.4 Å². The summed E-state index contributed by atoms with van der Waals surface area (Å²) < 4.78 is 15.5. The van der Waals surface area contributed by atoms with Crippen molar-refractivity contribution in [2.75, 3.05) is 20.8 Å². The Kier molecular flexibility index (Phi) is 2.81. The monoisotopic (exact) mass is 220 g/mol. The first kappa shape index (κ1) is 10.5. The zero-order chi connectivity index (χ0) is 11.5. The molecule has 4 heteroatoms. The summed E-state index contributed by atoms with van der Waals surface area (Å²) in [5.74, 6) is 1.82. The van der Waals surface area contributed by atoms with E-state index < -0.39 is 0 Å². The topological polar surface area (TPSA) is 44.8 Å². The first-order valence-corrected chi connectivity index (χ1v) is 4.84. The molecular weight excluding hydrogens is 208 g/mol. The molecule has 0 fully saturated rings. The summed E-state index contributed by atoms with van der Waals surface area (Å²) in [6, 6.07) is 5.39. The van der Waals surface area contributed by atoms with Gasteiger partial charge in [0.2, 0.25) is 0 Å². The van der Waals surface area contributed by atoms with Crippen LogP contribution in [0.15, 0.2) is 24.3 Å². The van der Waals surface area contributed by atoms with Crippen molar-refractivity contribution in [1.29, 1.82) is 0 Å². The van der Waals surface area contributed by atoms with Crippen LogP contribution in [0.3, 0.4) is 0 Å². The van der Waals surface area contributed by atoms with Crippen molar-refractivity contribution in [3.8, 4) is 11.5 Å². The van der Waals surface area contributed by atoms with Gasteiger partial charge < -0.3 is 14.2 Å². The quantitative estimate of drug-likeness (QED) is 0.776. The number of methoxy groups -OCH3 is 2. The van der Waals surface area contributed by atoms with Crippen LogP contribution in [0.1, 0.15) is 5.56 Å². The second-order valence-corrected chi connectivity index (χ2v) is 3.33. The molecular formula is C12H12O4. The van der Waals surface area contributed by atoms with Gasteiger partial charge in [0.15, 0.2) is 23.9 Å². The summed E-state index contributed by atoms with van der Waals surface area (Å²) in [6.07, 6.45) is 1.49. The Balaban J connectivity index is 2.36. The molecule has 84 valence electrons. The molecule has 0 spiro atoms. The molecule has 0 N–H and O–H groups in total. The van der Waals surface area contributed by atoms with Crippen molar-refractivity contribution in [2.24, 2.45) is 0 Å². The van der Waals surface area contributed by atoms with Crippen molar-refractivity contribution < 1.29 is 19.0 Å². The molecule has 0 radical (unpaired) electrons. The van der Waals surface area contributed by atoms with E-state index in [9.17, 15) is 4.79 Å². The fourth-order valence-electron chi connectivity index (χ4n) is 1.53. The molecule has 0 aromatic heterocycles. The Morgan fingerprint density at radius 1 is 1.19 bits per heavy atom. The van der Waals surface area contributed by atoms with Gasteiger partial charge in [0.1, 0.15) is 5.76 Å². The van der Waals surface area contributed by atoms with Crippen molar-refractivity contribution in [3.63, 3.8) is 0 Å². The number of rotatable bonds is 3. The van der Waals surface area contributed by atoms with E-state index in [4.69, 9.17) is 14.2 Å². The number of carbonyl (C=O) groups excluding carboxylic acids is 1. The first-order valence-electron chi connectivity index (χ1n) is 4.84. The molecule has 0 amide bonds. The predicted molar refractivity (Wildman–Crippen MR) is 58.5 cm³/mol. The van der Waals surface area contributed by atoms with Crippen molar-refractivity contribution >= 4 is 11.5 Å². The van der Waals surface area contributed by atoms with Crippen molar-refractivity contribution in [2.45, 2.75) is 0 Å². The zero-order valence-corrected chi connectivity index (χ0v) is 9.15. The minimum atomic E-state index is -0.0233. The highest BCUT2D eigenvalue weighted by molar-refractivity contribution is 6.00. The number of ketones is 1. The summed E-state index contributed by atoms with van der Waals surface area (Å²) >= 11 is 0. The molecule has 0 saturated heterocycles. The average molecular weight is 220 g/mol. The van der Waals surface area contributed by atoms with E-state index in [0.717, 1.165) is 5.56 Å². The number of benzene rings is 1. The smallest absolute Gasteiger partial charge is 0.196 e. The van der Waals surface area contributed by atoms with Gasteiger partial charge in [-0.25, -0.2) is 0 Å². The molecule has 16 heavy (non-hydrogen) atoms. The Morgan fingerprint density at radius 2 is 1.94 bits per heavy atom. The van der Waals surface area contributed by atoms with Crippen LogP contribution in [0.5, 0.6) is 11.5 Å². The maximum absolute atomic E-state index is 11.0. The lowest BCUT2D eigenvalue weighted by atomic mass is 10.1. The predicted octanol–water partition coefficient (Wildman–Crippen LogP) is 1.64. The highest BCUT2D eigenvalue weighted by Crippen LogP contribution is 2.31. The normalized spacial score (nSPS) is 14.4. The molecule has 1 aromatic carbocycles. The van der Waals surface area contributed by atoms with E-state index >= 15 is 0 Å². The van der Waals surface area contributed by atoms with Crippen LogP contribution in [-0.4, -0.2) is 26.6 Å². The van der Waals surface area contributed by atoms with Crippen molar-refractivity contribution in [1.82, 2.24) is 0 Å². The van der Waals surface area contributed by atoms with E-state index in [1.165, 1.54) is 6.08 Å². The molecule has 0 saturated carbocycles. The highest BCUT2D eigenvalue weighted by Gasteiger charge is 2.16. The molecule has 1 aliphatic heterocycles. The van der Waals surface area contributed by atoms with Gasteiger partial charge in [-0.2, -0.15) is 0 Å². The van der Waals surface area contributed by atoms with E-state index in [0.29, 0.717) is 17.3 Å². The number of hydrogen-bond acceptors (Lipinski definition) is 4. The van der Waals surface area contributed by atoms with E-state index in [1.54, 1.807) is 26.4 Å². The SMILES string of the molecule is COc1ccc(C2=CC(=O)CO2)cc1OC. The third kappa shape index (κ3) is 1.86. The summed E-state index contributed by atoms with van der Waals surface area (Å²) in [5.41, 5.74) is 0.809. The van der Waals surface area contributed by atoms with Crippen LogP contribution in [0.4, 0.5) is 0 Å². The molecule has 0 unspecified atom stereocenters. The summed E-state index contributed by atoms with van der Waals surface area (Å²) in [6.45, 7) is 0.115. The molecule has 1 aromatic rings. The minimum absolute atomic E-state index is 0.0233. The zero-order valence-electron chi connectivity index (χ0n) is 9.15. The summed E-state index contributed by atoms with van der Waals surface area (Å²) in [5, 5.41) is 0. The van der Waals surface area contributed by atoms with Gasteiger partial charge in [-0.1, -0.05) is 0 Å². The molecule has 2 rings (SSSR count).